The molecule has 0 saturated carbocycles. The molecule has 2 aromatic carbocycles. The maximum atomic E-state index is 13.7. The van der Waals surface area contributed by atoms with Crippen LogP contribution in [0.15, 0.2) is 40.9 Å². The summed E-state index contributed by atoms with van der Waals surface area (Å²) in [5.41, 5.74) is 7.35. The van der Waals surface area contributed by atoms with Crippen molar-refractivity contribution in [3.63, 3.8) is 0 Å². The van der Waals surface area contributed by atoms with Crippen LogP contribution in [0.1, 0.15) is 0 Å². The highest BCUT2D eigenvalue weighted by Crippen LogP contribution is 2.29. The lowest BCUT2D eigenvalue weighted by Crippen LogP contribution is -1.98. The van der Waals surface area contributed by atoms with Gasteiger partial charge in [-0.15, -0.1) is 0 Å². The lowest BCUT2D eigenvalue weighted by atomic mass is 10.2. The molecule has 2 aromatic rings. The normalized spacial score (nSPS) is 10.2. The quantitative estimate of drug-likeness (QED) is 0.845. The van der Waals surface area contributed by atoms with Gasteiger partial charge in [-0.05, 0) is 30.3 Å². The molecule has 0 fully saturated rings. The zero-order valence-electron chi connectivity index (χ0n) is 9.71. The van der Waals surface area contributed by atoms with Crippen molar-refractivity contribution in [2.24, 2.45) is 0 Å². The van der Waals surface area contributed by atoms with Gasteiger partial charge in [0, 0.05) is 10.5 Å². The van der Waals surface area contributed by atoms with E-state index in [2.05, 4.69) is 21.2 Å². The summed E-state index contributed by atoms with van der Waals surface area (Å²) in [6, 6.07) is 9.97. The molecule has 0 heterocycles. The standard InChI is InChI=1S/C13H12BrFN2O/c1-18-9-3-5-13(11(16)7-9)17-12-4-2-8(14)6-10(12)15/h2-7,17H,16H2,1H3. The van der Waals surface area contributed by atoms with Crippen LogP contribution in [0.2, 0.25) is 0 Å². The first kappa shape index (κ1) is 12.7. The van der Waals surface area contributed by atoms with Gasteiger partial charge in [-0.3, -0.25) is 0 Å². The van der Waals surface area contributed by atoms with Crippen LogP contribution in [0.3, 0.4) is 0 Å². The molecule has 0 aromatic heterocycles. The van der Waals surface area contributed by atoms with E-state index in [0.717, 1.165) is 0 Å². The predicted octanol–water partition coefficient (Wildman–Crippen LogP) is 3.92. The highest BCUT2D eigenvalue weighted by atomic mass is 79.9. The molecule has 0 aliphatic carbocycles. The van der Waals surface area contributed by atoms with E-state index in [-0.39, 0.29) is 5.82 Å². The molecule has 0 spiro atoms. The summed E-state index contributed by atoms with van der Waals surface area (Å²) in [4.78, 5) is 0. The number of rotatable bonds is 3. The van der Waals surface area contributed by atoms with E-state index >= 15 is 0 Å². The fourth-order valence-electron chi connectivity index (χ4n) is 1.52. The second kappa shape index (κ2) is 5.27. The third-order valence-corrected chi connectivity index (χ3v) is 2.95. The Hall–Kier alpha value is -1.75. The molecule has 0 saturated heterocycles. The van der Waals surface area contributed by atoms with Crippen LogP contribution in [-0.2, 0) is 0 Å². The molecule has 0 atom stereocenters. The second-order valence-corrected chi connectivity index (χ2v) is 4.62. The number of hydrogen-bond acceptors (Lipinski definition) is 3. The molecule has 94 valence electrons. The van der Waals surface area contributed by atoms with E-state index in [1.165, 1.54) is 6.07 Å². The van der Waals surface area contributed by atoms with Crippen molar-refractivity contribution in [1.29, 1.82) is 0 Å². The largest absolute Gasteiger partial charge is 0.497 e. The lowest BCUT2D eigenvalue weighted by molar-refractivity contribution is 0.415. The Morgan fingerprint density at radius 2 is 1.89 bits per heavy atom. The van der Waals surface area contributed by atoms with E-state index < -0.39 is 0 Å². The van der Waals surface area contributed by atoms with Crippen molar-refractivity contribution in [2.45, 2.75) is 0 Å². The van der Waals surface area contributed by atoms with Crippen molar-refractivity contribution >= 4 is 33.0 Å². The van der Waals surface area contributed by atoms with Crippen molar-refractivity contribution in [1.82, 2.24) is 0 Å². The van der Waals surface area contributed by atoms with Crippen LogP contribution in [0.25, 0.3) is 0 Å². The Morgan fingerprint density at radius 1 is 1.17 bits per heavy atom. The summed E-state index contributed by atoms with van der Waals surface area (Å²) >= 11 is 3.21. The number of halogens is 2. The minimum Gasteiger partial charge on any atom is -0.497 e. The molecule has 5 heteroatoms. The first-order chi connectivity index (χ1) is 8.60. The van der Waals surface area contributed by atoms with Crippen molar-refractivity contribution in [3.8, 4) is 5.75 Å². The third kappa shape index (κ3) is 2.73. The average Bonchev–Trinajstić information content (AvgIpc) is 2.34. The Balaban J connectivity index is 2.28. The van der Waals surface area contributed by atoms with Crippen molar-refractivity contribution < 1.29 is 9.13 Å². The molecule has 0 aliphatic rings. The monoisotopic (exact) mass is 310 g/mol. The van der Waals surface area contributed by atoms with Gasteiger partial charge in [0.1, 0.15) is 11.6 Å². The van der Waals surface area contributed by atoms with Gasteiger partial charge in [-0.25, -0.2) is 4.39 Å². The summed E-state index contributed by atoms with van der Waals surface area (Å²) in [6.45, 7) is 0. The van der Waals surface area contributed by atoms with Crippen molar-refractivity contribution in [3.05, 3.63) is 46.7 Å². The first-order valence-electron chi connectivity index (χ1n) is 5.26. The summed E-state index contributed by atoms with van der Waals surface area (Å²) < 4.78 is 19.4. The maximum Gasteiger partial charge on any atom is 0.147 e. The van der Waals surface area contributed by atoms with Gasteiger partial charge in [0.15, 0.2) is 0 Å². The second-order valence-electron chi connectivity index (χ2n) is 3.70. The zero-order chi connectivity index (χ0) is 13.1. The van der Waals surface area contributed by atoms with Gasteiger partial charge in [-0.2, -0.15) is 0 Å². The van der Waals surface area contributed by atoms with Gasteiger partial charge in [0.25, 0.3) is 0 Å². The van der Waals surface area contributed by atoms with Crippen LogP contribution in [0.4, 0.5) is 21.5 Å². The minimum atomic E-state index is -0.348. The fraction of sp³-hybridized carbons (Fsp3) is 0.0769. The first-order valence-corrected chi connectivity index (χ1v) is 6.05. The number of nitrogen functional groups attached to an aromatic ring is 1. The lowest BCUT2D eigenvalue weighted by Gasteiger charge is -2.11. The smallest absolute Gasteiger partial charge is 0.147 e. The van der Waals surface area contributed by atoms with E-state index in [1.807, 2.05) is 0 Å². The van der Waals surface area contributed by atoms with Gasteiger partial charge in [0.05, 0.1) is 24.2 Å². The van der Waals surface area contributed by atoms with E-state index in [9.17, 15) is 4.39 Å². The van der Waals surface area contributed by atoms with Crippen LogP contribution < -0.4 is 15.8 Å². The molecule has 0 radical (unpaired) electrons. The zero-order valence-corrected chi connectivity index (χ0v) is 11.3. The molecule has 0 unspecified atom stereocenters. The maximum absolute atomic E-state index is 13.7. The molecular formula is C13H12BrFN2O. The van der Waals surface area contributed by atoms with Crippen LogP contribution >= 0.6 is 15.9 Å². The van der Waals surface area contributed by atoms with Crippen LogP contribution in [-0.4, -0.2) is 7.11 Å². The number of anilines is 3. The summed E-state index contributed by atoms with van der Waals surface area (Å²) in [7, 11) is 1.57. The van der Waals surface area contributed by atoms with E-state index in [0.29, 0.717) is 27.3 Å². The van der Waals surface area contributed by atoms with Gasteiger partial charge >= 0.3 is 0 Å². The van der Waals surface area contributed by atoms with Gasteiger partial charge in [0.2, 0.25) is 0 Å². The third-order valence-electron chi connectivity index (χ3n) is 2.46. The number of nitrogens with two attached hydrogens (primary N) is 1. The Kier molecular flexibility index (Phi) is 3.72. The van der Waals surface area contributed by atoms with Crippen LogP contribution in [0, 0.1) is 5.82 Å². The molecule has 18 heavy (non-hydrogen) atoms. The van der Waals surface area contributed by atoms with Gasteiger partial charge < -0.3 is 15.8 Å². The highest BCUT2D eigenvalue weighted by molar-refractivity contribution is 9.10. The van der Waals surface area contributed by atoms with Crippen molar-refractivity contribution in [2.75, 3.05) is 18.2 Å². The molecular weight excluding hydrogens is 299 g/mol. The molecule has 2 rings (SSSR count). The van der Waals surface area contributed by atoms with E-state index in [1.54, 1.807) is 37.4 Å². The molecule has 0 amide bonds. The molecule has 0 bridgehead atoms. The Labute approximate surface area is 113 Å². The molecule has 3 N–H and O–H groups in total. The average molecular weight is 311 g/mol. The number of ether oxygens (including phenoxy) is 1. The number of methoxy groups -OCH3 is 1. The number of hydrogen-bond donors (Lipinski definition) is 2. The van der Waals surface area contributed by atoms with E-state index in [4.69, 9.17) is 10.5 Å². The topological polar surface area (TPSA) is 47.3 Å². The fourth-order valence-corrected chi connectivity index (χ4v) is 1.85. The molecule has 3 nitrogen and oxygen atoms in total. The minimum absolute atomic E-state index is 0.348. The van der Waals surface area contributed by atoms with Gasteiger partial charge in [-0.1, -0.05) is 15.9 Å². The number of benzene rings is 2. The number of nitrogens with one attached hydrogen (secondary N) is 1. The van der Waals surface area contributed by atoms with Crippen LogP contribution in [0.5, 0.6) is 5.75 Å². The predicted molar refractivity (Wildman–Crippen MR) is 74.8 cm³/mol. The Bertz CT molecular complexity index is 575. The SMILES string of the molecule is COc1ccc(Nc2ccc(Br)cc2F)c(N)c1. The Morgan fingerprint density at radius 3 is 2.50 bits per heavy atom. The molecule has 0 aliphatic heterocycles. The summed E-state index contributed by atoms with van der Waals surface area (Å²) in [5, 5.41) is 2.94. The highest BCUT2D eigenvalue weighted by Gasteiger charge is 2.06. The summed E-state index contributed by atoms with van der Waals surface area (Å²) in [5.74, 6) is 0.314. The summed E-state index contributed by atoms with van der Waals surface area (Å²) in [6.07, 6.45) is 0.